The van der Waals surface area contributed by atoms with E-state index in [0.29, 0.717) is 20.9 Å². The molecule has 0 atom stereocenters. The minimum atomic E-state index is -1.41. The summed E-state index contributed by atoms with van der Waals surface area (Å²) in [4.78, 5) is 8.14. The van der Waals surface area contributed by atoms with E-state index in [4.69, 9.17) is 34.8 Å². The van der Waals surface area contributed by atoms with E-state index in [1.807, 2.05) is 42.5 Å². The van der Waals surface area contributed by atoms with Gasteiger partial charge in [0.15, 0.2) is 0 Å². The summed E-state index contributed by atoms with van der Waals surface area (Å²) in [7, 11) is -1.41. The van der Waals surface area contributed by atoms with E-state index in [-0.39, 0.29) is 0 Å². The van der Waals surface area contributed by atoms with Crippen LogP contribution in [0.2, 0.25) is 15.5 Å². The third-order valence-corrected chi connectivity index (χ3v) is 9.88. The van der Waals surface area contributed by atoms with Gasteiger partial charge in [0.05, 0.1) is 5.69 Å². The molecular formula is C34H22BCl3N2O2S2. The van der Waals surface area contributed by atoms with E-state index >= 15 is 0 Å². The number of pyridine rings is 2. The molecule has 0 fully saturated rings. The minimum absolute atomic E-state index is 0.428. The Morgan fingerprint density at radius 1 is 0.477 bits per heavy atom. The zero-order chi connectivity index (χ0) is 30.6. The Morgan fingerprint density at radius 3 is 1.52 bits per heavy atom. The number of fused-ring (bicyclic) bond motifs is 6. The number of thiophene rings is 2. The number of benzene rings is 4. The smallest absolute Gasteiger partial charge is 0.423 e. The molecule has 0 aliphatic rings. The van der Waals surface area contributed by atoms with Crippen molar-refractivity contribution < 1.29 is 10.0 Å². The Kier molecular flexibility index (Phi) is 9.45. The Labute approximate surface area is 276 Å². The fraction of sp³-hybridized carbons (Fsp3) is 0. The molecule has 44 heavy (non-hydrogen) atoms. The summed E-state index contributed by atoms with van der Waals surface area (Å²) in [6.45, 7) is 0. The van der Waals surface area contributed by atoms with Crippen LogP contribution in [0.25, 0.3) is 51.6 Å². The molecule has 0 aliphatic carbocycles. The number of aromatic nitrogens is 2. The van der Waals surface area contributed by atoms with Crippen molar-refractivity contribution in [1.29, 1.82) is 0 Å². The van der Waals surface area contributed by atoms with Crippen LogP contribution in [0.15, 0.2) is 121 Å². The molecule has 4 nitrogen and oxygen atoms in total. The van der Waals surface area contributed by atoms with Crippen molar-refractivity contribution in [2.45, 2.75) is 0 Å². The molecular weight excluding hydrogens is 650 g/mol. The van der Waals surface area contributed by atoms with Gasteiger partial charge < -0.3 is 10.0 Å². The minimum Gasteiger partial charge on any atom is -0.423 e. The molecule has 216 valence electrons. The third kappa shape index (κ3) is 6.60. The predicted octanol–water partition coefficient (Wildman–Crippen LogP) is 9.89. The van der Waals surface area contributed by atoms with Gasteiger partial charge in [-0.15, -0.1) is 22.7 Å². The van der Waals surface area contributed by atoms with E-state index < -0.39 is 7.12 Å². The molecule has 0 amide bonds. The monoisotopic (exact) mass is 670 g/mol. The second-order valence-electron chi connectivity index (χ2n) is 9.60. The average molecular weight is 672 g/mol. The van der Waals surface area contributed by atoms with Crippen molar-refractivity contribution >= 4 is 110 Å². The topological polar surface area (TPSA) is 66.2 Å². The van der Waals surface area contributed by atoms with Crippen LogP contribution >= 0.6 is 57.5 Å². The summed E-state index contributed by atoms with van der Waals surface area (Å²) in [6.07, 6.45) is 0. The van der Waals surface area contributed by atoms with Crippen LogP contribution in [-0.4, -0.2) is 27.1 Å². The highest BCUT2D eigenvalue weighted by atomic mass is 35.5. The molecule has 0 saturated heterocycles. The largest absolute Gasteiger partial charge is 0.489 e. The fourth-order valence-corrected chi connectivity index (χ4v) is 7.86. The molecule has 0 bridgehead atoms. The summed E-state index contributed by atoms with van der Waals surface area (Å²) >= 11 is 20.3. The molecule has 10 heteroatoms. The second kappa shape index (κ2) is 13.6. The number of rotatable bonds is 2. The molecule has 4 heterocycles. The van der Waals surface area contributed by atoms with Gasteiger partial charge in [-0.2, -0.15) is 0 Å². The maximum atomic E-state index is 9.31. The summed E-state index contributed by atoms with van der Waals surface area (Å²) in [6, 6.07) is 39.4. The van der Waals surface area contributed by atoms with Gasteiger partial charge in [-0.1, -0.05) is 120 Å². The Morgan fingerprint density at radius 2 is 0.955 bits per heavy atom. The van der Waals surface area contributed by atoms with Crippen molar-refractivity contribution in [1.82, 2.24) is 9.97 Å². The molecule has 8 rings (SSSR count). The summed E-state index contributed by atoms with van der Waals surface area (Å²) in [5.74, 6) is 0. The zero-order valence-corrected chi connectivity index (χ0v) is 26.8. The molecule has 0 unspecified atom stereocenters. The van der Waals surface area contributed by atoms with Crippen LogP contribution in [-0.2, 0) is 0 Å². The number of hydrogen-bond donors (Lipinski definition) is 2. The molecule has 4 aromatic heterocycles. The maximum absolute atomic E-state index is 9.31. The molecule has 2 N–H and O–H groups in total. The van der Waals surface area contributed by atoms with Crippen molar-refractivity contribution in [3.05, 3.63) is 137 Å². The SMILES string of the molecule is Clc1cccc(-c2cccc3c2sc2ccccc23)n1.Clc1cccc(Cl)n1.OB(O)c1cccc2c1sc1ccccc12. The average Bonchev–Trinajstić information content (AvgIpc) is 3.60. The highest BCUT2D eigenvalue weighted by Gasteiger charge is 2.17. The Balaban J connectivity index is 0.000000128. The van der Waals surface area contributed by atoms with E-state index in [1.165, 1.54) is 30.3 Å². The lowest BCUT2D eigenvalue weighted by molar-refractivity contribution is 0.426. The Hall–Kier alpha value is -3.53. The van der Waals surface area contributed by atoms with Crippen molar-refractivity contribution in [3.8, 4) is 11.3 Å². The van der Waals surface area contributed by atoms with Gasteiger partial charge in [0.1, 0.15) is 15.5 Å². The van der Waals surface area contributed by atoms with Crippen LogP contribution in [0.1, 0.15) is 0 Å². The normalized spacial score (nSPS) is 10.8. The van der Waals surface area contributed by atoms with Gasteiger partial charge in [-0.3, -0.25) is 0 Å². The third-order valence-electron chi connectivity index (χ3n) is 6.79. The van der Waals surface area contributed by atoms with E-state index in [2.05, 4.69) is 58.5 Å². The lowest BCUT2D eigenvalue weighted by atomic mass is 9.80. The highest BCUT2D eigenvalue weighted by Crippen LogP contribution is 2.39. The maximum Gasteiger partial charge on any atom is 0.489 e. The fourth-order valence-electron chi connectivity index (χ4n) is 4.86. The molecule has 0 radical (unpaired) electrons. The first-order chi connectivity index (χ1) is 21.4. The summed E-state index contributed by atoms with van der Waals surface area (Å²) in [5.41, 5.74) is 2.65. The van der Waals surface area contributed by atoms with Crippen LogP contribution in [0, 0.1) is 0 Å². The van der Waals surface area contributed by atoms with E-state index in [9.17, 15) is 10.0 Å². The highest BCUT2D eigenvalue weighted by molar-refractivity contribution is 7.27. The van der Waals surface area contributed by atoms with Gasteiger partial charge in [0.2, 0.25) is 0 Å². The van der Waals surface area contributed by atoms with Gasteiger partial charge in [0.25, 0.3) is 0 Å². The van der Waals surface area contributed by atoms with Crippen LogP contribution < -0.4 is 5.46 Å². The quantitative estimate of drug-likeness (QED) is 0.142. The first-order valence-electron chi connectivity index (χ1n) is 13.5. The van der Waals surface area contributed by atoms with Gasteiger partial charge in [0, 0.05) is 40.5 Å². The summed E-state index contributed by atoms with van der Waals surface area (Å²) < 4.78 is 4.70. The van der Waals surface area contributed by atoms with Gasteiger partial charge in [-0.05, 0) is 47.2 Å². The van der Waals surface area contributed by atoms with E-state index in [1.54, 1.807) is 53.0 Å². The molecule has 0 spiro atoms. The van der Waals surface area contributed by atoms with Crippen molar-refractivity contribution in [3.63, 3.8) is 0 Å². The van der Waals surface area contributed by atoms with E-state index in [0.717, 1.165) is 21.3 Å². The number of nitrogens with zero attached hydrogens (tertiary/aromatic N) is 2. The standard InChI is InChI=1S/C17H10ClNS.C12H9BO2S.C5H3Cl2N/c18-16-10-4-8-14(19-16)13-7-3-6-12-11-5-1-2-9-15(11)20-17(12)13;14-13(15)10-6-3-5-9-8-4-1-2-7-11(8)16-12(9)10;6-4-2-1-3-5(7)8-4/h1-10H;1-7,14-15H;1-3H. The van der Waals surface area contributed by atoms with Gasteiger partial charge >= 0.3 is 7.12 Å². The van der Waals surface area contributed by atoms with Crippen LogP contribution in [0.5, 0.6) is 0 Å². The van der Waals surface area contributed by atoms with Gasteiger partial charge in [-0.25, -0.2) is 9.97 Å². The zero-order valence-electron chi connectivity index (χ0n) is 22.9. The molecule has 4 aromatic carbocycles. The van der Waals surface area contributed by atoms with Crippen LogP contribution in [0.4, 0.5) is 0 Å². The number of hydrogen-bond acceptors (Lipinski definition) is 6. The lowest BCUT2D eigenvalue weighted by Crippen LogP contribution is -2.29. The lowest BCUT2D eigenvalue weighted by Gasteiger charge is -2.02. The molecule has 0 saturated carbocycles. The first-order valence-corrected chi connectivity index (χ1v) is 16.2. The summed E-state index contributed by atoms with van der Waals surface area (Å²) in [5, 5.41) is 24.8. The number of halogens is 3. The van der Waals surface area contributed by atoms with Crippen molar-refractivity contribution in [2.75, 3.05) is 0 Å². The molecule has 8 aromatic rings. The molecule has 0 aliphatic heterocycles. The van der Waals surface area contributed by atoms with Crippen molar-refractivity contribution in [2.24, 2.45) is 0 Å². The second-order valence-corrected chi connectivity index (χ2v) is 12.9. The predicted molar refractivity (Wildman–Crippen MR) is 191 cm³/mol. The first kappa shape index (κ1) is 30.5. The van der Waals surface area contributed by atoms with Crippen LogP contribution in [0.3, 0.4) is 0 Å². The Bertz CT molecular complexity index is 2220.